The summed E-state index contributed by atoms with van der Waals surface area (Å²) in [7, 11) is 0. The van der Waals surface area contributed by atoms with Crippen molar-refractivity contribution >= 4 is 31.9 Å². The van der Waals surface area contributed by atoms with Crippen molar-refractivity contribution < 1.29 is 0 Å². The van der Waals surface area contributed by atoms with E-state index in [1.54, 1.807) is 0 Å². The minimum Gasteiger partial charge on any atom is -0.328 e. The van der Waals surface area contributed by atoms with E-state index < -0.39 is 0 Å². The highest BCUT2D eigenvalue weighted by molar-refractivity contribution is 9.13. The van der Waals surface area contributed by atoms with Gasteiger partial charge >= 0.3 is 0 Å². The lowest BCUT2D eigenvalue weighted by atomic mass is 10.1. The zero-order chi connectivity index (χ0) is 9.14. The van der Waals surface area contributed by atoms with Gasteiger partial charge in [0.1, 0.15) is 0 Å². The molecule has 0 spiro atoms. The Balaban J connectivity index is 2.92. The van der Waals surface area contributed by atoms with Crippen molar-refractivity contribution in [1.29, 1.82) is 0 Å². The summed E-state index contributed by atoms with van der Waals surface area (Å²) in [6.07, 6.45) is 0.903. The highest BCUT2D eigenvalue weighted by Crippen LogP contribution is 2.27. The molecule has 1 atom stereocenters. The third kappa shape index (κ3) is 2.57. The molecular formula is C9H11Br2N. The van der Waals surface area contributed by atoms with Crippen molar-refractivity contribution in [3.05, 3.63) is 32.7 Å². The number of nitrogens with two attached hydrogens (primary N) is 1. The Morgan fingerprint density at radius 2 is 2.08 bits per heavy atom. The molecule has 2 N–H and O–H groups in total. The second-order valence-corrected chi connectivity index (χ2v) is 4.54. The van der Waals surface area contributed by atoms with Gasteiger partial charge in [-0.15, -0.1) is 0 Å². The molecule has 0 fully saturated rings. The number of halogens is 2. The molecule has 1 aromatic carbocycles. The monoisotopic (exact) mass is 291 g/mol. The van der Waals surface area contributed by atoms with Gasteiger partial charge in [-0.25, -0.2) is 0 Å². The molecule has 0 aromatic heterocycles. The van der Waals surface area contributed by atoms with Crippen LogP contribution in [0, 0.1) is 0 Å². The summed E-state index contributed by atoms with van der Waals surface area (Å²) in [6, 6.07) is 6.31. The lowest BCUT2D eigenvalue weighted by Crippen LogP contribution is -2.17. The molecule has 0 bridgehead atoms. The molecule has 0 aliphatic carbocycles. The maximum atomic E-state index is 5.71. The van der Waals surface area contributed by atoms with Gasteiger partial charge in [0, 0.05) is 15.0 Å². The molecule has 0 aliphatic rings. The molecule has 12 heavy (non-hydrogen) atoms. The molecule has 1 aromatic rings. The Labute approximate surface area is 89.6 Å². The second kappa shape index (κ2) is 4.40. The van der Waals surface area contributed by atoms with Crippen LogP contribution in [-0.2, 0) is 6.42 Å². The maximum absolute atomic E-state index is 5.71. The number of hydrogen-bond acceptors (Lipinski definition) is 1. The molecule has 0 radical (unpaired) electrons. The Bertz CT molecular complexity index is 271. The van der Waals surface area contributed by atoms with E-state index in [1.165, 1.54) is 5.56 Å². The van der Waals surface area contributed by atoms with Gasteiger partial charge in [-0.3, -0.25) is 0 Å². The van der Waals surface area contributed by atoms with Crippen LogP contribution >= 0.6 is 31.9 Å². The topological polar surface area (TPSA) is 26.0 Å². The zero-order valence-corrected chi connectivity index (χ0v) is 10.0. The van der Waals surface area contributed by atoms with Crippen LogP contribution in [0.1, 0.15) is 12.5 Å². The lowest BCUT2D eigenvalue weighted by molar-refractivity contribution is 0.735. The second-order valence-electron chi connectivity index (χ2n) is 2.89. The van der Waals surface area contributed by atoms with E-state index in [4.69, 9.17) is 5.73 Å². The SMILES string of the molecule is C[C@H](N)Cc1cccc(Br)c1Br. The van der Waals surface area contributed by atoms with E-state index in [1.807, 2.05) is 19.1 Å². The van der Waals surface area contributed by atoms with Crippen LogP contribution in [-0.4, -0.2) is 6.04 Å². The number of benzene rings is 1. The Kier molecular flexibility index (Phi) is 3.75. The van der Waals surface area contributed by atoms with Gasteiger partial charge in [-0.05, 0) is 56.8 Å². The molecule has 0 heterocycles. The summed E-state index contributed by atoms with van der Waals surface area (Å²) in [5.74, 6) is 0. The summed E-state index contributed by atoms with van der Waals surface area (Å²) in [4.78, 5) is 0. The first-order chi connectivity index (χ1) is 5.61. The lowest BCUT2D eigenvalue weighted by Gasteiger charge is -2.08. The summed E-state index contributed by atoms with van der Waals surface area (Å²) in [5, 5.41) is 0. The first-order valence-electron chi connectivity index (χ1n) is 3.79. The normalized spacial score (nSPS) is 13.0. The van der Waals surface area contributed by atoms with Gasteiger partial charge in [-0.1, -0.05) is 12.1 Å². The summed E-state index contributed by atoms with van der Waals surface area (Å²) < 4.78 is 2.20. The minimum absolute atomic E-state index is 0.204. The van der Waals surface area contributed by atoms with Gasteiger partial charge in [0.05, 0.1) is 0 Å². The quantitative estimate of drug-likeness (QED) is 0.891. The fraction of sp³-hybridized carbons (Fsp3) is 0.333. The van der Waals surface area contributed by atoms with Gasteiger partial charge in [0.15, 0.2) is 0 Å². The van der Waals surface area contributed by atoms with Crippen molar-refractivity contribution in [2.75, 3.05) is 0 Å². The van der Waals surface area contributed by atoms with Crippen LogP contribution in [0.25, 0.3) is 0 Å². The summed E-state index contributed by atoms with van der Waals surface area (Å²) in [5.41, 5.74) is 6.96. The fourth-order valence-corrected chi connectivity index (χ4v) is 1.89. The van der Waals surface area contributed by atoms with E-state index in [9.17, 15) is 0 Å². The van der Waals surface area contributed by atoms with Crippen molar-refractivity contribution in [1.82, 2.24) is 0 Å². The van der Waals surface area contributed by atoms with Crippen LogP contribution in [0.3, 0.4) is 0 Å². The van der Waals surface area contributed by atoms with E-state index in [2.05, 4.69) is 37.9 Å². The van der Waals surface area contributed by atoms with Crippen LogP contribution in [0.4, 0.5) is 0 Å². The van der Waals surface area contributed by atoms with Gasteiger partial charge in [-0.2, -0.15) is 0 Å². The van der Waals surface area contributed by atoms with Crippen molar-refractivity contribution in [3.8, 4) is 0 Å². The largest absolute Gasteiger partial charge is 0.328 e. The number of rotatable bonds is 2. The third-order valence-electron chi connectivity index (χ3n) is 1.57. The molecule has 0 unspecified atom stereocenters. The van der Waals surface area contributed by atoms with E-state index in [-0.39, 0.29) is 6.04 Å². The Hall–Kier alpha value is 0.140. The number of hydrogen-bond donors (Lipinski definition) is 1. The minimum atomic E-state index is 0.204. The van der Waals surface area contributed by atoms with Crippen LogP contribution in [0.2, 0.25) is 0 Å². The zero-order valence-electron chi connectivity index (χ0n) is 6.85. The molecule has 3 heteroatoms. The molecule has 1 nitrogen and oxygen atoms in total. The average Bonchev–Trinajstić information content (AvgIpc) is 1.98. The van der Waals surface area contributed by atoms with Crippen molar-refractivity contribution in [2.24, 2.45) is 5.73 Å². The molecular weight excluding hydrogens is 282 g/mol. The van der Waals surface area contributed by atoms with E-state index in [0.717, 1.165) is 15.4 Å². The summed E-state index contributed by atoms with van der Waals surface area (Å²) in [6.45, 7) is 2.01. The first-order valence-corrected chi connectivity index (χ1v) is 5.38. The predicted molar refractivity (Wildman–Crippen MR) is 59.2 cm³/mol. The van der Waals surface area contributed by atoms with Gasteiger partial charge in [0.25, 0.3) is 0 Å². The van der Waals surface area contributed by atoms with Gasteiger partial charge in [0.2, 0.25) is 0 Å². The van der Waals surface area contributed by atoms with Gasteiger partial charge < -0.3 is 5.73 Å². The smallest absolute Gasteiger partial charge is 0.0350 e. The molecule has 0 aliphatic heterocycles. The molecule has 66 valence electrons. The summed E-state index contributed by atoms with van der Waals surface area (Å²) >= 11 is 6.95. The maximum Gasteiger partial charge on any atom is 0.0350 e. The van der Waals surface area contributed by atoms with Crippen molar-refractivity contribution in [2.45, 2.75) is 19.4 Å². The molecule has 1 rings (SSSR count). The third-order valence-corrected chi connectivity index (χ3v) is 3.70. The fourth-order valence-electron chi connectivity index (χ4n) is 1.05. The highest BCUT2D eigenvalue weighted by atomic mass is 79.9. The average molecular weight is 293 g/mol. The Morgan fingerprint density at radius 1 is 1.42 bits per heavy atom. The first kappa shape index (κ1) is 10.2. The van der Waals surface area contributed by atoms with E-state index in [0.29, 0.717) is 0 Å². The van der Waals surface area contributed by atoms with E-state index >= 15 is 0 Å². The van der Waals surface area contributed by atoms with Crippen LogP contribution in [0.5, 0.6) is 0 Å². The molecule has 0 saturated carbocycles. The standard InChI is InChI=1S/C9H11Br2N/c1-6(12)5-7-3-2-4-8(10)9(7)11/h2-4,6H,5,12H2,1H3/t6-/m0/s1. The van der Waals surface area contributed by atoms with Crippen LogP contribution < -0.4 is 5.73 Å². The molecule has 0 saturated heterocycles. The highest BCUT2D eigenvalue weighted by Gasteiger charge is 2.04. The van der Waals surface area contributed by atoms with Crippen molar-refractivity contribution in [3.63, 3.8) is 0 Å². The molecule has 0 amide bonds. The predicted octanol–water partition coefficient (Wildman–Crippen LogP) is 3.10. The Morgan fingerprint density at radius 3 is 2.67 bits per heavy atom. The van der Waals surface area contributed by atoms with Crippen LogP contribution in [0.15, 0.2) is 27.1 Å².